The number of ether oxygens (including phenoxy) is 2. The van der Waals surface area contributed by atoms with Crippen LogP contribution in [0.5, 0.6) is 0 Å². The van der Waals surface area contributed by atoms with Gasteiger partial charge in [0.1, 0.15) is 5.60 Å². The molecule has 2 fully saturated rings. The molecule has 0 spiro atoms. The topological polar surface area (TPSA) is 62.2 Å². The number of likely N-dealkylation sites (tertiary alicyclic amines) is 1. The van der Waals surface area contributed by atoms with Gasteiger partial charge in [-0.3, -0.25) is 4.90 Å². The number of likely N-dealkylation sites (N-methyl/N-ethyl adjacent to an activating group) is 1. The Hall–Kier alpha value is -0.850. The van der Waals surface area contributed by atoms with E-state index in [1.165, 1.54) is 0 Å². The molecule has 0 aromatic rings. The summed E-state index contributed by atoms with van der Waals surface area (Å²) in [6.07, 6.45) is 0.363. The maximum atomic E-state index is 12.2. The first kappa shape index (κ1) is 18.5. The molecule has 134 valence electrons. The highest BCUT2D eigenvalue weighted by Gasteiger charge is 2.35. The Morgan fingerprint density at radius 2 is 2.09 bits per heavy atom. The lowest BCUT2D eigenvalue weighted by atomic mass is 9.86. The fourth-order valence-electron chi connectivity index (χ4n) is 3.42. The molecule has 0 aromatic heterocycles. The van der Waals surface area contributed by atoms with E-state index in [2.05, 4.69) is 18.9 Å². The van der Waals surface area contributed by atoms with Crippen LogP contribution in [0.25, 0.3) is 0 Å². The molecule has 0 radical (unpaired) electrons. The smallest absolute Gasteiger partial charge is 0.410 e. The number of aliphatic hydroxyl groups is 1. The molecule has 2 unspecified atom stereocenters. The van der Waals surface area contributed by atoms with Gasteiger partial charge in [0.05, 0.1) is 25.4 Å². The van der Waals surface area contributed by atoms with Crippen LogP contribution in [0.1, 0.15) is 34.1 Å². The van der Waals surface area contributed by atoms with Gasteiger partial charge in [-0.1, -0.05) is 6.92 Å². The Morgan fingerprint density at radius 1 is 1.39 bits per heavy atom. The van der Waals surface area contributed by atoms with Crippen LogP contribution >= 0.6 is 0 Å². The molecule has 0 bridgehead atoms. The molecule has 6 heteroatoms. The third-order valence-electron chi connectivity index (χ3n) is 4.84. The standard InChI is InChI=1S/C17H32N2O4/c1-12-8-19(16(21)23-17(2,3)4)7-6-13(12)9-18(5)14-10-22-11-15(14)20/h12-15,20H,6-11H2,1-5H3/t12?,13?,14-,15-/m1/s1. The predicted molar refractivity (Wildman–Crippen MR) is 88.3 cm³/mol. The van der Waals surface area contributed by atoms with Crippen molar-refractivity contribution in [2.75, 3.05) is 39.9 Å². The summed E-state index contributed by atoms with van der Waals surface area (Å²) >= 11 is 0. The van der Waals surface area contributed by atoms with Crippen LogP contribution in [0.2, 0.25) is 0 Å². The molecule has 2 aliphatic rings. The summed E-state index contributed by atoms with van der Waals surface area (Å²) in [5.74, 6) is 0.935. The number of rotatable bonds is 3. The number of carbonyl (C=O) groups is 1. The Balaban J connectivity index is 1.83. The van der Waals surface area contributed by atoms with Crippen molar-refractivity contribution in [1.82, 2.24) is 9.80 Å². The summed E-state index contributed by atoms with van der Waals surface area (Å²) in [4.78, 5) is 16.2. The van der Waals surface area contributed by atoms with E-state index in [1.54, 1.807) is 0 Å². The number of hydrogen-bond donors (Lipinski definition) is 1. The second-order valence-corrected chi connectivity index (χ2v) is 8.06. The maximum absolute atomic E-state index is 12.2. The van der Waals surface area contributed by atoms with Gasteiger partial charge in [-0.15, -0.1) is 0 Å². The van der Waals surface area contributed by atoms with Gasteiger partial charge in [0.15, 0.2) is 0 Å². The molecule has 2 rings (SSSR count). The molecule has 2 saturated heterocycles. The van der Waals surface area contributed by atoms with Crippen LogP contribution in [0.15, 0.2) is 0 Å². The van der Waals surface area contributed by atoms with E-state index in [9.17, 15) is 9.90 Å². The second-order valence-electron chi connectivity index (χ2n) is 8.06. The molecule has 23 heavy (non-hydrogen) atoms. The minimum atomic E-state index is -0.448. The lowest BCUT2D eigenvalue weighted by Gasteiger charge is -2.40. The van der Waals surface area contributed by atoms with Crippen LogP contribution in [-0.2, 0) is 9.47 Å². The number of nitrogens with zero attached hydrogens (tertiary/aromatic N) is 2. The summed E-state index contributed by atoms with van der Waals surface area (Å²) in [7, 11) is 2.05. The zero-order valence-electron chi connectivity index (χ0n) is 15.1. The van der Waals surface area contributed by atoms with E-state index in [0.29, 0.717) is 25.0 Å². The fraction of sp³-hybridized carbons (Fsp3) is 0.941. The fourth-order valence-corrected chi connectivity index (χ4v) is 3.42. The van der Waals surface area contributed by atoms with Gasteiger partial charge in [0.25, 0.3) is 0 Å². The summed E-state index contributed by atoms with van der Waals surface area (Å²) in [5, 5.41) is 9.94. The first-order valence-corrected chi connectivity index (χ1v) is 8.61. The van der Waals surface area contributed by atoms with Crippen molar-refractivity contribution in [2.45, 2.75) is 51.9 Å². The SMILES string of the molecule is CC1CN(C(=O)OC(C)(C)C)CCC1CN(C)[C@@H]1COC[C@H]1O. The number of piperidine rings is 1. The zero-order chi connectivity index (χ0) is 17.2. The quantitative estimate of drug-likeness (QED) is 0.852. The third-order valence-corrected chi connectivity index (χ3v) is 4.84. The van der Waals surface area contributed by atoms with Crippen molar-refractivity contribution in [3.05, 3.63) is 0 Å². The molecule has 0 saturated carbocycles. The molecular formula is C17H32N2O4. The Kier molecular flexibility index (Phi) is 5.92. The average molecular weight is 328 g/mol. The average Bonchev–Trinajstić information content (AvgIpc) is 2.85. The monoisotopic (exact) mass is 328 g/mol. The lowest BCUT2D eigenvalue weighted by molar-refractivity contribution is 0.00671. The molecule has 0 aromatic carbocycles. The van der Waals surface area contributed by atoms with Crippen LogP contribution in [0, 0.1) is 11.8 Å². The first-order valence-electron chi connectivity index (χ1n) is 8.61. The molecule has 1 amide bonds. The van der Waals surface area contributed by atoms with E-state index < -0.39 is 11.7 Å². The number of aliphatic hydroxyl groups excluding tert-OH is 1. The van der Waals surface area contributed by atoms with Crippen molar-refractivity contribution in [3.63, 3.8) is 0 Å². The van der Waals surface area contributed by atoms with Crippen LogP contribution in [0.4, 0.5) is 4.79 Å². The van der Waals surface area contributed by atoms with E-state index >= 15 is 0 Å². The van der Waals surface area contributed by atoms with Crippen LogP contribution in [0.3, 0.4) is 0 Å². The van der Waals surface area contributed by atoms with E-state index in [4.69, 9.17) is 9.47 Å². The lowest BCUT2D eigenvalue weighted by Crippen LogP contribution is -2.49. The van der Waals surface area contributed by atoms with Crippen LogP contribution in [-0.4, -0.2) is 78.6 Å². The van der Waals surface area contributed by atoms with Gasteiger partial charge in [0, 0.05) is 19.6 Å². The van der Waals surface area contributed by atoms with Crippen molar-refractivity contribution < 1.29 is 19.4 Å². The van der Waals surface area contributed by atoms with Crippen molar-refractivity contribution in [3.8, 4) is 0 Å². The van der Waals surface area contributed by atoms with Gasteiger partial charge < -0.3 is 19.5 Å². The Labute approximate surface area is 139 Å². The first-order chi connectivity index (χ1) is 10.7. The van der Waals surface area contributed by atoms with E-state index in [1.807, 2.05) is 25.7 Å². The van der Waals surface area contributed by atoms with Gasteiger partial charge in [0.2, 0.25) is 0 Å². The molecular weight excluding hydrogens is 296 g/mol. The van der Waals surface area contributed by atoms with Crippen molar-refractivity contribution in [2.24, 2.45) is 11.8 Å². The largest absolute Gasteiger partial charge is 0.444 e. The van der Waals surface area contributed by atoms with Gasteiger partial charge in [-0.25, -0.2) is 4.79 Å². The Bertz CT molecular complexity index is 410. The van der Waals surface area contributed by atoms with Gasteiger partial charge in [-0.2, -0.15) is 0 Å². The molecule has 6 nitrogen and oxygen atoms in total. The predicted octanol–water partition coefficient (Wildman–Crippen LogP) is 1.57. The molecule has 0 aliphatic carbocycles. The molecule has 2 heterocycles. The summed E-state index contributed by atoms with van der Waals surface area (Å²) in [6.45, 7) is 11.3. The minimum absolute atomic E-state index is 0.0890. The van der Waals surface area contributed by atoms with Crippen molar-refractivity contribution >= 4 is 6.09 Å². The number of carbonyl (C=O) groups excluding carboxylic acids is 1. The van der Waals surface area contributed by atoms with E-state index in [0.717, 1.165) is 26.1 Å². The Morgan fingerprint density at radius 3 is 2.61 bits per heavy atom. The zero-order valence-corrected chi connectivity index (χ0v) is 15.1. The summed E-state index contributed by atoms with van der Waals surface area (Å²) in [6, 6.07) is 0.0890. The minimum Gasteiger partial charge on any atom is -0.444 e. The van der Waals surface area contributed by atoms with Crippen molar-refractivity contribution in [1.29, 1.82) is 0 Å². The van der Waals surface area contributed by atoms with Gasteiger partial charge >= 0.3 is 6.09 Å². The molecule has 4 atom stereocenters. The van der Waals surface area contributed by atoms with Gasteiger partial charge in [-0.05, 0) is 46.1 Å². The molecule has 1 N–H and O–H groups in total. The third kappa shape index (κ3) is 5.06. The number of hydrogen-bond acceptors (Lipinski definition) is 5. The molecule has 2 aliphatic heterocycles. The highest BCUT2D eigenvalue weighted by molar-refractivity contribution is 5.68. The summed E-state index contributed by atoms with van der Waals surface area (Å²) < 4.78 is 10.8. The second kappa shape index (κ2) is 7.36. The highest BCUT2D eigenvalue weighted by Crippen LogP contribution is 2.26. The maximum Gasteiger partial charge on any atom is 0.410 e. The van der Waals surface area contributed by atoms with Crippen LogP contribution < -0.4 is 0 Å². The normalized spacial score (nSPS) is 32.4. The summed E-state index contributed by atoms with van der Waals surface area (Å²) in [5.41, 5.74) is -0.448. The number of amides is 1. The highest BCUT2D eigenvalue weighted by atomic mass is 16.6. The van der Waals surface area contributed by atoms with E-state index in [-0.39, 0.29) is 12.1 Å².